The van der Waals surface area contributed by atoms with Gasteiger partial charge in [-0.15, -0.1) is 0 Å². The highest BCUT2D eigenvalue weighted by atomic mass is 127. The van der Waals surface area contributed by atoms with Gasteiger partial charge in [-0.1, -0.05) is 0 Å². The number of halogens is 1. The summed E-state index contributed by atoms with van der Waals surface area (Å²) in [6.45, 7) is 0. The summed E-state index contributed by atoms with van der Waals surface area (Å²) in [5.41, 5.74) is 6.09. The van der Waals surface area contributed by atoms with Gasteiger partial charge in [-0.25, -0.2) is 4.98 Å². The van der Waals surface area contributed by atoms with E-state index in [1.807, 2.05) is 22.6 Å². The predicted molar refractivity (Wildman–Crippen MR) is 50.6 cm³/mol. The van der Waals surface area contributed by atoms with Crippen LogP contribution in [0.5, 0.6) is 0 Å². The van der Waals surface area contributed by atoms with E-state index in [0.29, 0.717) is 0 Å². The van der Waals surface area contributed by atoms with Crippen molar-refractivity contribution in [3.05, 3.63) is 15.7 Å². The van der Waals surface area contributed by atoms with E-state index in [4.69, 9.17) is 10.8 Å². The average Bonchev–Trinajstić information content (AvgIpc) is 2.36. The quantitative estimate of drug-likeness (QED) is 0.678. The van der Waals surface area contributed by atoms with Gasteiger partial charge in [0.15, 0.2) is 0 Å². The van der Waals surface area contributed by atoms with Gasteiger partial charge in [0.2, 0.25) is 0 Å². The molecule has 66 valence electrons. The Bertz CT molecular complexity index is 286. The molecular formula is C6H8IN3O2. The topological polar surface area (TPSA) is 92.0 Å². The zero-order valence-electron chi connectivity index (χ0n) is 6.12. The van der Waals surface area contributed by atoms with Crippen molar-refractivity contribution >= 4 is 28.6 Å². The van der Waals surface area contributed by atoms with E-state index in [0.717, 1.165) is 9.39 Å². The first-order chi connectivity index (χ1) is 5.61. The number of H-pyrrole nitrogens is 1. The highest BCUT2D eigenvalue weighted by Gasteiger charge is 2.14. The molecule has 6 heteroatoms. The minimum absolute atomic E-state index is 0.285. The molecule has 0 fully saturated rings. The Hall–Kier alpha value is -0.630. The fraction of sp³-hybridized carbons (Fsp3) is 0.333. The Labute approximate surface area is 82.5 Å². The second-order valence-electron chi connectivity index (χ2n) is 2.32. The van der Waals surface area contributed by atoms with Crippen LogP contribution in [0.3, 0.4) is 0 Å². The molecule has 1 aromatic heterocycles. The SMILES string of the molecule is NC(Cc1[nH]cnc1I)C(=O)O. The maximum Gasteiger partial charge on any atom is 0.320 e. The van der Waals surface area contributed by atoms with Crippen LogP contribution in [-0.4, -0.2) is 27.1 Å². The lowest BCUT2D eigenvalue weighted by Crippen LogP contribution is -2.32. The molecule has 0 bridgehead atoms. The normalized spacial score (nSPS) is 12.8. The second-order valence-corrected chi connectivity index (χ2v) is 3.34. The van der Waals surface area contributed by atoms with Gasteiger partial charge in [0.1, 0.15) is 9.74 Å². The van der Waals surface area contributed by atoms with Gasteiger partial charge in [-0.05, 0) is 22.6 Å². The van der Waals surface area contributed by atoms with Crippen LogP contribution in [0.25, 0.3) is 0 Å². The maximum absolute atomic E-state index is 10.4. The first-order valence-electron chi connectivity index (χ1n) is 3.27. The lowest BCUT2D eigenvalue weighted by atomic mass is 10.2. The minimum atomic E-state index is -1.000. The molecule has 0 radical (unpaired) electrons. The van der Waals surface area contributed by atoms with Gasteiger partial charge >= 0.3 is 5.97 Å². The molecule has 0 saturated carbocycles. The third-order valence-corrected chi connectivity index (χ3v) is 2.34. The fourth-order valence-electron chi connectivity index (χ4n) is 0.755. The molecule has 1 atom stereocenters. The average molecular weight is 281 g/mol. The molecule has 5 nitrogen and oxygen atoms in total. The van der Waals surface area contributed by atoms with Crippen LogP contribution in [0, 0.1) is 3.70 Å². The molecule has 1 unspecified atom stereocenters. The molecule has 0 saturated heterocycles. The summed E-state index contributed by atoms with van der Waals surface area (Å²) in [7, 11) is 0. The Kier molecular flexibility index (Phi) is 3.04. The number of carbonyl (C=O) groups is 1. The Morgan fingerprint density at radius 3 is 3.00 bits per heavy atom. The summed E-state index contributed by atoms with van der Waals surface area (Å²) < 4.78 is 0.768. The molecule has 12 heavy (non-hydrogen) atoms. The van der Waals surface area contributed by atoms with Crippen molar-refractivity contribution in [2.75, 3.05) is 0 Å². The first-order valence-corrected chi connectivity index (χ1v) is 4.35. The summed E-state index contributed by atoms with van der Waals surface area (Å²) >= 11 is 2.02. The van der Waals surface area contributed by atoms with E-state index in [1.165, 1.54) is 6.33 Å². The number of nitrogens with one attached hydrogen (secondary N) is 1. The van der Waals surface area contributed by atoms with Gasteiger partial charge in [-0.3, -0.25) is 4.79 Å². The van der Waals surface area contributed by atoms with Crippen LogP contribution in [0.1, 0.15) is 5.69 Å². The van der Waals surface area contributed by atoms with Crippen LogP contribution in [0.15, 0.2) is 6.33 Å². The van der Waals surface area contributed by atoms with Crippen molar-refractivity contribution in [2.24, 2.45) is 5.73 Å². The number of rotatable bonds is 3. The molecule has 0 amide bonds. The zero-order valence-corrected chi connectivity index (χ0v) is 8.28. The molecule has 0 spiro atoms. The summed E-state index contributed by atoms with van der Waals surface area (Å²) in [6, 6.07) is -0.862. The standard InChI is InChI=1S/C6H8IN3O2/c7-5-4(9-2-10-5)1-3(8)6(11)12/h2-3H,1,8H2,(H,9,10)(H,11,12). The van der Waals surface area contributed by atoms with E-state index in [-0.39, 0.29) is 6.42 Å². The number of imidazole rings is 1. The number of carboxylic acids is 1. The zero-order chi connectivity index (χ0) is 9.14. The Balaban J connectivity index is 2.64. The molecule has 0 aliphatic carbocycles. The van der Waals surface area contributed by atoms with Gasteiger partial charge < -0.3 is 15.8 Å². The molecule has 0 aromatic carbocycles. The van der Waals surface area contributed by atoms with E-state index in [9.17, 15) is 4.79 Å². The van der Waals surface area contributed by atoms with E-state index in [1.54, 1.807) is 0 Å². The van der Waals surface area contributed by atoms with Crippen LogP contribution in [-0.2, 0) is 11.2 Å². The van der Waals surface area contributed by atoms with E-state index in [2.05, 4.69) is 9.97 Å². The monoisotopic (exact) mass is 281 g/mol. The van der Waals surface area contributed by atoms with Gasteiger partial charge in [0.25, 0.3) is 0 Å². The molecular weight excluding hydrogens is 273 g/mol. The second kappa shape index (κ2) is 3.85. The number of aromatic amines is 1. The van der Waals surface area contributed by atoms with Gasteiger partial charge in [0, 0.05) is 6.42 Å². The van der Waals surface area contributed by atoms with Crippen LogP contribution in [0.2, 0.25) is 0 Å². The lowest BCUT2D eigenvalue weighted by Gasteiger charge is -2.03. The maximum atomic E-state index is 10.4. The largest absolute Gasteiger partial charge is 0.480 e. The first kappa shape index (κ1) is 9.46. The highest BCUT2D eigenvalue weighted by Crippen LogP contribution is 2.07. The van der Waals surface area contributed by atoms with Crippen molar-refractivity contribution < 1.29 is 9.90 Å². The highest BCUT2D eigenvalue weighted by molar-refractivity contribution is 14.1. The molecule has 4 N–H and O–H groups in total. The number of hydrogen-bond acceptors (Lipinski definition) is 3. The van der Waals surface area contributed by atoms with Gasteiger partial charge in [-0.2, -0.15) is 0 Å². The van der Waals surface area contributed by atoms with E-state index < -0.39 is 12.0 Å². The molecule has 1 rings (SSSR count). The number of aromatic nitrogens is 2. The summed E-state index contributed by atoms with van der Waals surface area (Å²) in [5, 5.41) is 8.51. The fourth-order valence-corrected chi connectivity index (χ4v) is 1.27. The third-order valence-electron chi connectivity index (χ3n) is 1.41. The number of nitrogens with zero attached hydrogens (tertiary/aromatic N) is 1. The van der Waals surface area contributed by atoms with E-state index >= 15 is 0 Å². The number of aliphatic carboxylic acids is 1. The number of hydrogen-bond donors (Lipinski definition) is 3. The summed E-state index contributed by atoms with van der Waals surface area (Å²) in [4.78, 5) is 17.1. The molecule has 0 aliphatic heterocycles. The summed E-state index contributed by atoms with van der Waals surface area (Å²) in [5.74, 6) is -1.000. The third kappa shape index (κ3) is 2.18. The number of carboxylic acid groups (broad SMARTS) is 1. The molecule has 0 aliphatic rings. The number of nitrogens with two attached hydrogens (primary N) is 1. The smallest absolute Gasteiger partial charge is 0.320 e. The lowest BCUT2D eigenvalue weighted by molar-refractivity contribution is -0.138. The van der Waals surface area contributed by atoms with Crippen molar-refractivity contribution in [3.8, 4) is 0 Å². The van der Waals surface area contributed by atoms with Crippen LogP contribution in [0.4, 0.5) is 0 Å². The van der Waals surface area contributed by atoms with Crippen molar-refractivity contribution in [3.63, 3.8) is 0 Å². The van der Waals surface area contributed by atoms with Gasteiger partial charge in [0.05, 0.1) is 12.0 Å². The predicted octanol–water partition coefficient (Wildman–Crippen LogP) is -0.0313. The van der Waals surface area contributed by atoms with Crippen molar-refractivity contribution in [2.45, 2.75) is 12.5 Å². The Morgan fingerprint density at radius 2 is 2.58 bits per heavy atom. The van der Waals surface area contributed by atoms with Crippen molar-refractivity contribution in [1.29, 1.82) is 0 Å². The molecule has 1 aromatic rings. The Morgan fingerprint density at radius 1 is 1.92 bits per heavy atom. The van der Waals surface area contributed by atoms with Crippen LogP contribution >= 0.6 is 22.6 Å². The molecule has 1 heterocycles. The summed E-state index contributed by atoms with van der Waals surface area (Å²) in [6.07, 6.45) is 1.80. The van der Waals surface area contributed by atoms with Crippen molar-refractivity contribution in [1.82, 2.24) is 9.97 Å². The van der Waals surface area contributed by atoms with Crippen LogP contribution < -0.4 is 5.73 Å². The minimum Gasteiger partial charge on any atom is -0.480 e.